The van der Waals surface area contributed by atoms with Gasteiger partial charge in [0.1, 0.15) is 5.75 Å². The van der Waals surface area contributed by atoms with E-state index in [9.17, 15) is 14.9 Å². The zero-order valence-corrected chi connectivity index (χ0v) is 13.6. The van der Waals surface area contributed by atoms with Gasteiger partial charge in [-0.1, -0.05) is 19.9 Å². The summed E-state index contributed by atoms with van der Waals surface area (Å²) in [6, 6.07) is 9.73. The lowest BCUT2D eigenvalue weighted by Crippen LogP contribution is -2.09. The minimum atomic E-state index is -0.528. The van der Waals surface area contributed by atoms with E-state index in [2.05, 4.69) is 13.8 Å². The van der Waals surface area contributed by atoms with E-state index in [1.807, 2.05) is 19.1 Å². The zero-order valence-electron chi connectivity index (χ0n) is 13.6. The van der Waals surface area contributed by atoms with Gasteiger partial charge in [-0.15, -0.1) is 0 Å². The first kappa shape index (κ1) is 16.7. The van der Waals surface area contributed by atoms with E-state index >= 15 is 0 Å². The molecule has 0 fully saturated rings. The van der Waals surface area contributed by atoms with Crippen LogP contribution >= 0.6 is 0 Å². The van der Waals surface area contributed by atoms with Crippen LogP contribution < -0.4 is 4.74 Å². The van der Waals surface area contributed by atoms with Crippen molar-refractivity contribution in [1.82, 2.24) is 0 Å². The number of aryl methyl sites for hydroxylation is 2. The minimum Gasteiger partial charge on any atom is -0.423 e. The molecule has 0 amide bonds. The van der Waals surface area contributed by atoms with E-state index in [0.29, 0.717) is 22.8 Å². The summed E-state index contributed by atoms with van der Waals surface area (Å²) >= 11 is 0. The molecule has 0 spiro atoms. The Kier molecular flexibility index (Phi) is 4.79. The largest absolute Gasteiger partial charge is 0.423 e. The summed E-state index contributed by atoms with van der Waals surface area (Å²) in [6.45, 7) is 7.78. The Morgan fingerprint density at radius 1 is 1.09 bits per heavy atom. The van der Waals surface area contributed by atoms with Gasteiger partial charge in [0.05, 0.1) is 10.5 Å². The lowest BCUT2D eigenvalue weighted by atomic mass is 9.98. The first-order valence-electron chi connectivity index (χ1n) is 7.37. The molecule has 5 heteroatoms. The molecule has 2 rings (SSSR count). The van der Waals surface area contributed by atoms with Gasteiger partial charge in [0, 0.05) is 11.6 Å². The summed E-state index contributed by atoms with van der Waals surface area (Å²) in [4.78, 5) is 22.5. The summed E-state index contributed by atoms with van der Waals surface area (Å²) in [5.41, 5.74) is 2.97. The summed E-state index contributed by atoms with van der Waals surface area (Å²) < 4.78 is 5.36. The number of nitro groups is 1. The van der Waals surface area contributed by atoms with Crippen LogP contribution in [0.3, 0.4) is 0 Å². The van der Waals surface area contributed by atoms with Crippen molar-refractivity contribution in [2.45, 2.75) is 33.6 Å². The molecule has 0 radical (unpaired) electrons. The van der Waals surface area contributed by atoms with Crippen LogP contribution in [0.15, 0.2) is 36.4 Å². The average Bonchev–Trinajstić information content (AvgIpc) is 2.46. The second-order valence-electron chi connectivity index (χ2n) is 5.82. The predicted molar refractivity (Wildman–Crippen MR) is 88.1 cm³/mol. The van der Waals surface area contributed by atoms with Gasteiger partial charge in [0.2, 0.25) is 0 Å². The standard InChI is InChI=1S/C18H19NO4/c1-11(2)16-7-6-15(10-12(16)3)23-18(20)14-5-8-17(19(21)22)13(4)9-14/h5-11H,1-4H3. The van der Waals surface area contributed by atoms with Crippen molar-refractivity contribution < 1.29 is 14.5 Å². The number of nitrogens with zero attached hydrogens (tertiary/aromatic N) is 1. The van der Waals surface area contributed by atoms with Gasteiger partial charge in [-0.2, -0.15) is 0 Å². The Hall–Kier alpha value is -2.69. The van der Waals surface area contributed by atoms with Gasteiger partial charge < -0.3 is 4.74 Å². The van der Waals surface area contributed by atoms with Gasteiger partial charge in [-0.3, -0.25) is 10.1 Å². The van der Waals surface area contributed by atoms with Crippen molar-refractivity contribution in [3.05, 3.63) is 68.8 Å². The third-order valence-electron chi connectivity index (χ3n) is 3.70. The second kappa shape index (κ2) is 6.60. The number of hydrogen-bond acceptors (Lipinski definition) is 4. The average molecular weight is 313 g/mol. The van der Waals surface area contributed by atoms with Crippen molar-refractivity contribution in [1.29, 1.82) is 0 Å². The van der Waals surface area contributed by atoms with Crippen LogP contribution in [0.5, 0.6) is 5.75 Å². The molecule has 0 N–H and O–H groups in total. The smallest absolute Gasteiger partial charge is 0.343 e. The topological polar surface area (TPSA) is 69.4 Å². The van der Waals surface area contributed by atoms with Crippen LogP contribution in [-0.4, -0.2) is 10.9 Å². The number of esters is 1. The first-order valence-corrected chi connectivity index (χ1v) is 7.37. The predicted octanol–water partition coefficient (Wildman–Crippen LogP) is 4.55. The molecule has 0 aromatic heterocycles. The van der Waals surface area contributed by atoms with Crippen molar-refractivity contribution >= 4 is 11.7 Å². The van der Waals surface area contributed by atoms with Gasteiger partial charge in [0.25, 0.3) is 5.69 Å². The van der Waals surface area contributed by atoms with Crippen molar-refractivity contribution in [3.8, 4) is 5.75 Å². The van der Waals surface area contributed by atoms with Gasteiger partial charge in [-0.05, 0) is 55.2 Å². The van der Waals surface area contributed by atoms with Crippen molar-refractivity contribution in [3.63, 3.8) is 0 Å². The fraction of sp³-hybridized carbons (Fsp3) is 0.278. The molecule has 120 valence electrons. The quantitative estimate of drug-likeness (QED) is 0.359. The number of carbonyl (C=O) groups excluding carboxylic acids is 1. The maximum atomic E-state index is 12.2. The van der Waals surface area contributed by atoms with Crippen LogP contribution in [0.4, 0.5) is 5.69 Å². The lowest BCUT2D eigenvalue weighted by Gasteiger charge is -2.11. The number of nitro benzene ring substituents is 1. The molecule has 0 atom stereocenters. The van der Waals surface area contributed by atoms with E-state index in [1.165, 1.54) is 23.8 Å². The highest BCUT2D eigenvalue weighted by molar-refractivity contribution is 5.91. The number of benzene rings is 2. The SMILES string of the molecule is Cc1cc(OC(=O)c2ccc([N+](=O)[O-])c(C)c2)ccc1C(C)C. The molecule has 23 heavy (non-hydrogen) atoms. The highest BCUT2D eigenvalue weighted by atomic mass is 16.6. The van der Waals surface area contributed by atoms with E-state index < -0.39 is 10.9 Å². The molecule has 0 heterocycles. The molecule has 0 saturated heterocycles. The molecule has 2 aromatic carbocycles. The molecule has 0 saturated carbocycles. The first-order chi connectivity index (χ1) is 10.8. The molecule has 0 bridgehead atoms. The molecule has 5 nitrogen and oxygen atoms in total. The highest BCUT2D eigenvalue weighted by Crippen LogP contribution is 2.25. The van der Waals surface area contributed by atoms with Gasteiger partial charge >= 0.3 is 5.97 Å². The normalized spacial score (nSPS) is 10.7. The van der Waals surface area contributed by atoms with Crippen LogP contribution in [0.1, 0.15) is 46.8 Å². The minimum absolute atomic E-state index is 0.0151. The second-order valence-corrected chi connectivity index (χ2v) is 5.82. The number of hydrogen-bond donors (Lipinski definition) is 0. The third-order valence-corrected chi connectivity index (χ3v) is 3.70. The lowest BCUT2D eigenvalue weighted by molar-refractivity contribution is -0.385. The van der Waals surface area contributed by atoms with Crippen molar-refractivity contribution in [2.24, 2.45) is 0 Å². The Labute approximate surface area is 135 Å². The highest BCUT2D eigenvalue weighted by Gasteiger charge is 2.15. The van der Waals surface area contributed by atoms with Gasteiger partial charge in [0.15, 0.2) is 0 Å². The van der Waals surface area contributed by atoms with E-state index in [-0.39, 0.29) is 5.69 Å². The number of ether oxygens (including phenoxy) is 1. The number of carbonyl (C=O) groups is 1. The van der Waals surface area contributed by atoms with E-state index in [4.69, 9.17) is 4.74 Å². The molecule has 0 unspecified atom stereocenters. The summed E-state index contributed by atoms with van der Waals surface area (Å²) in [6.07, 6.45) is 0. The molecule has 0 aliphatic heterocycles. The maximum Gasteiger partial charge on any atom is 0.343 e. The van der Waals surface area contributed by atoms with Gasteiger partial charge in [-0.25, -0.2) is 4.79 Å². The summed E-state index contributed by atoms with van der Waals surface area (Å²) in [5, 5.41) is 10.8. The summed E-state index contributed by atoms with van der Waals surface area (Å²) in [5.74, 6) is 0.338. The molecular weight excluding hydrogens is 294 g/mol. The van der Waals surface area contributed by atoms with Crippen LogP contribution in [0.2, 0.25) is 0 Å². The zero-order chi connectivity index (χ0) is 17.1. The Bertz CT molecular complexity index is 766. The fourth-order valence-electron chi connectivity index (χ4n) is 2.51. The molecular formula is C18H19NO4. The van der Waals surface area contributed by atoms with Crippen LogP contribution in [0.25, 0.3) is 0 Å². The number of rotatable bonds is 4. The Balaban J connectivity index is 2.21. The Morgan fingerprint density at radius 3 is 2.30 bits per heavy atom. The third kappa shape index (κ3) is 3.74. The van der Waals surface area contributed by atoms with Crippen LogP contribution in [0, 0.1) is 24.0 Å². The molecule has 0 aliphatic rings. The fourth-order valence-corrected chi connectivity index (χ4v) is 2.51. The molecule has 0 aliphatic carbocycles. The van der Waals surface area contributed by atoms with E-state index in [0.717, 1.165) is 5.56 Å². The van der Waals surface area contributed by atoms with Crippen LogP contribution in [-0.2, 0) is 0 Å². The summed E-state index contributed by atoms with van der Waals surface area (Å²) in [7, 11) is 0. The van der Waals surface area contributed by atoms with Crippen molar-refractivity contribution in [2.75, 3.05) is 0 Å². The monoisotopic (exact) mass is 313 g/mol. The Morgan fingerprint density at radius 2 is 1.78 bits per heavy atom. The van der Waals surface area contributed by atoms with E-state index in [1.54, 1.807) is 13.0 Å². The molecule has 2 aromatic rings. The maximum absolute atomic E-state index is 12.2.